The Morgan fingerprint density at radius 1 is 1.14 bits per heavy atom. The van der Waals surface area contributed by atoms with E-state index in [1.807, 2.05) is 0 Å². The van der Waals surface area contributed by atoms with Crippen molar-refractivity contribution in [1.29, 1.82) is 0 Å². The van der Waals surface area contributed by atoms with Crippen LogP contribution in [-0.2, 0) is 14.3 Å². The third-order valence-corrected chi connectivity index (χ3v) is 5.02. The van der Waals surface area contributed by atoms with Gasteiger partial charge in [-0.15, -0.1) is 0 Å². The Kier molecular flexibility index (Phi) is 3.74. The molecule has 1 heterocycles. The number of rotatable bonds is 1. The summed E-state index contributed by atoms with van der Waals surface area (Å²) in [6.07, 6.45) is 4.16. The summed E-state index contributed by atoms with van der Waals surface area (Å²) in [6, 6.07) is 3.28. The van der Waals surface area contributed by atoms with Crippen LogP contribution >= 0.6 is 23.2 Å². The monoisotopic (exact) mass is 326 g/mol. The summed E-state index contributed by atoms with van der Waals surface area (Å²) in [5, 5.41) is 0.843. The molecule has 2 fully saturated rings. The van der Waals surface area contributed by atoms with E-state index < -0.39 is 17.5 Å². The average molecular weight is 327 g/mol. The first-order valence-electron chi connectivity index (χ1n) is 7.17. The fourth-order valence-corrected chi connectivity index (χ4v) is 4.18. The fraction of sp³-hybridized carbons (Fsp3) is 0.500. The van der Waals surface area contributed by atoms with E-state index in [0.29, 0.717) is 28.5 Å². The van der Waals surface area contributed by atoms with E-state index in [9.17, 15) is 9.59 Å². The summed E-state index contributed by atoms with van der Waals surface area (Å²) in [6.45, 7) is 1.81. The number of halogens is 2. The van der Waals surface area contributed by atoms with Gasteiger partial charge in [-0.1, -0.05) is 29.6 Å². The molecular formula is C16H16Cl2O3. The lowest BCUT2D eigenvalue weighted by atomic mass is 9.77. The maximum Gasteiger partial charge on any atom is 0.322 e. The van der Waals surface area contributed by atoms with Gasteiger partial charge in [-0.2, -0.15) is 0 Å². The Hall–Kier alpha value is -1.06. The van der Waals surface area contributed by atoms with Gasteiger partial charge in [0.25, 0.3) is 0 Å². The predicted octanol–water partition coefficient (Wildman–Crippen LogP) is 4.21. The van der Waals surface area contributed by atoms with Crippen molar-refractivity contribution in [2.24, 2.45) is 0 Å². The molecule has 1 saturated heterocycles. The molecule has 3 rings (SSSR count). The van der Waals surface area contributed by atoms with Crippen molar-refractivity contribution in [3.05, 3.63) is 33.3 Å². The van der Waals surface area contributed by atoms with Crippen LogP contribution in [0.25, 0.3) is 0 Å². The van der Waals surface area contributed by atoms with Gasteiger partial charge < -0.3 is 4.74 Å². The topological polar surface area (TPSA) is 43.4 Å². The van der Waals surface area contributed by atoms with Crippen LogP contribution in [0.3, 0.4) is 0 Å². The first-order valence-corrected chi connectivity index (χ1v) is 7.93. The van der Waals surface area contributed by atoms with Crippen LogP contribution < -0.4 is 0 Å². The van der Waals surface area contributed by atoms with Gasteiger partial charge in [0.2, 0.25) is 0 Å². The Balaban J connectivity index is 2.04. The lowest BCUT2D eigenvalue weighted by molar-refractivity contribution is -0.154. The average Bonchev–Trinajstić information content (AvgIpc) is 2.63. The molecule has 3 nitrogen and oxygen atoms in total. The summed E-state index contributed by atoms with van der Waals surface area (Å²) in [4.78, 5) is 25.2. The number of carbonyl (C=O) groups excluding carboxylic acids is 2. The van der Waals surface area contributed by atoms with Crippen LogP contribution in [-0.4, -0.2) is 17.4 Å². The Morgan fingerprint density at radius 2 is 1.81 bits per heavy atom. The van der Waals surface area contributed by atoms with Crippen LogP contribution in [0, 0.1) is 6.92 Å². The SMILES string of the molecule is Cc1cc(Cl)cc(Cl)c1C1C(=O)OC2(CCCCC2)C1=O. The molecule has 1 aliphatic heterocycles. The number of carbonyl (C=O) groups is 2. The summed E-state index contributed by atoms with van der Waals surface area (Å²) in [7, 11) is 0. The largest absolute Gasteiger partial charge is 0.450 e. The highest BCUT2D eigenvalue weighted by atomic mass is 35.5. The van der Waals surface area contributed by atoms with Crippen molar-refractivity contribution in [3.8, 4) is 0 Å². The normalized spacial score (nSPS) is 24.4. The Morgan fingerprint density at radius 3 is 2.43 bits per heavy atom. The molecule has 21 heavy (non-hydrogen) atoms. The van der Waals surface area contributed by atoms with Gasteiger partial charge in [0.1, 0.15) is 5.92 Å². The summed E-state index contributed by atoms with van der Waals surface area (Å²) in [5.74, 6) is -1.53. The van der Waals surface area contributed by atoms with Crippen molar-refractivity contribution in [2.75, 3.05) is 0 Å². The molecular weight excluding hydrogens is 311 g/mol. The molecule has 0 amide bonds. The second-order valence-electron chi connectivity index (χ2n) is 5.89. The van der Waals surface area contributed by atoms with Gasteiger partial charge >= 0.3 is 5.97 Å². The molecule has 1 saturated carbocycles. The van der Waals surface area contributed by atoms with Crippen LogP contribution in [0.5, 0.6) is 0 Å². The molecule has 5 heteroatoms. The molecule has 0 bridgehead atoms. The van der Waals surface area contributed by atoms with Gasteiger partial charge in [-0.25, -0.2) is 0 Å². The van der Waals surface area contributed by atoms with Crippen molar-refractivity contribution >= 4 is 35.0 Å². The quantitative estimate of drug-likeness (QED) is 0.573. The van der Waals surface area contributed by atoms with Gasteiger partial charge in [0.05, 0.1) is 0 Å². The summed E-state index contributed by atoms with van der Waals surface area (Å²) < 4.78 is 5.53. The second-order valence-corrected chi connectivity index (χ2v) is 6.74. The number of esters is 1. The van der Waals surface area contributed by atoms with E-state index in [2.05, 4.69) is 0 Å². The number of aryl methyl sites for hydroxylation is 1. The molecule has 0 N–H and O–H groups in total. The third-order valence-electron chi connectivity index (χ3n) is 4.49. The highest BCUT2D eigenvalue weighted by Gasteiger charge is 2.56. The highest BCUT2D eigenvalue weighted by molar-refractivity contribution is 6.36. The van der Waals surface area contributed by atoms with Gasteiger partial charge in [0, 0.05) is 10.0 Å². The Bertz CT molecular complexity index is 595. The van der Waals surface area contributed by atoms with E-state index in [0.717, 1.165) is 24.8 Å². The van der Waals surface area contributed by atoms with Crippen molar-refractivity contribution < 1.29 is 14.3 Å². The van der Waals surface area contributed by atoms with E-state index in [-0.39, 0.29) is 5.78 Å². The van der Waals surface area contributed by atoms with Gasteiger partial charge in [-0.3, -0.25) is 9.59 Å². The maximum atomic E-state index is 12.8. The minimum absolute atomic E-state index is 0.139. The van der Waals surface area contributed by atoms with Crippen LogP contribution in [0.2, 0.25) is 10.0 Å². The van der Waals surface area contributed by atoms with E-state index >= 15 is 0 Å². The molecule has 1 atom stereocenters. The van der Waals surface area contributed by atoms with Crippen molar-refractivity contribution in [3.63, 3.8) is 0 Å². The molecule has 1 aliphatic carbocycles. The van der Waals surface area contributed by atoms with Crippen LogP contribution in [0.1, 0.15) is 49.1 Å². The molecule has 1 spiro atoms. The number of hydrogen-bond acceptors (Lipinski definition) is 3. The van der Waals surface area contributed by atoms with Crippen LogP contribution in [0.15, 0.2) is 12.1 Å². The van der Waals surface area contributed by atoms with Crippen molar-refractivity contribution in [2.45, 2.75) is 50.5 Å². The van der Waals surface area contributed by atoms with Gasteiger partial charge in [-0.05, 0) is 55.9 Å². The first-order chi connectivity index (χ1) is 9.94. The fourth-order valence-electron chi connectivity index (χ4n) is 3.47. The number of benzene rings is 1. The zero-order valence-electron chi connectivity index (χ0n) is 11.7. The molecule has 0 aromatic heterocycles. The molecule has 112 valence electrons. The predicted molar refractivity (Wildman–Crippen MR) is 80.9 cm³/mol. The van der Waals surface area contributed by atoms with Crippen molar-refractivity contribution in [1.82, 2.24) is 0 Å². The number of Topliss-reactive ketones (excluding diaryl/α,β-unsaturated/α-hetero) is 1. The molecule has 1 unspecified atom stereocenters. The standard InChI is InChI=1S/C16H16Cl2O3/c1-9-7-10(17)8-11(18)12(9)13-14(19)16(21-15(13)20)5-3-2-4-6-16/h7-8,13H,2-6H2,1H3. The third kappa shape index (κ3) is 2.36. The van der Waals surface area contributed by atoms with E-state index in [1.165, 1.54) is 0 Å². The Labute approximate surface area is 133 Å². The van der Waals surface area contributed by atoms with Crippen LogP contribution in [0.4, 0.5) is 0 Å². The first kappa shape index (κ1) is 14.9. The van der Waals surface area contributed by atoms with E-state index in [4.69, 9.17) is 27.9 Å². The summed E-state index contributed by atoms with van der Waals surface area (Å²) >= 11 is 12.2. The molecule has 2 aliphatic rings. The maximum absolute atomic E-state index is 12.8. The van der Waals surface area contributed by atoms with E-state index in [1.54, 1.807) is 19.1 Å². The minimum atomic E-state index is -0.921. The minimum Gasteiger partial charge on any atom is -0.450 e. The zero-order chi connectivity index (χ0) is 15.2. The molecule has 1 aromatic rings. The molecule has 1 aromatic carbocycles. The molecule has 0 radical (unpaired) electrons. The highest BCUT2D eigenvalue weighted by Crippen LogP contribution is 2.45. The number of ether oxygens (including phenoxy) is 1. The lowest BCUT2D eigenvalue weighted by Gasteiger charge is -2.29. The smallest absolute Gasteiger partial charge is 0.322 e. The lowest BCUT2D eigenvalue weighted by Crippen LogP contribution is -2.39. The number of ketones is 1. The zero-order valence-corrected chi connectivity index (χ0v) is 13.3. The number of hydrogen-bond donors (Lipinski definition) is 0. The summed E-state index contributed by atoms with van der Waals surface area (Å²) in [5.41, 5.74) is 0.365. The second kappa shape index (κ2) is 5.29. The van der Waals surface area contributed by atoms with Gasteiger partial charge in [0.15, 0.2) is 11.4 Å².